The minimum Gasteiger partial charge on any atom is -0.481 e. The number of aromatic nitrogens is 3. The maximum atomic E-state index is 12.6. The van der Waals surface area contributed by atoms with Gasteiger partial charge < -0.3 is 10.0 Å². The van der Waals surface area contributed by atoms with Crippen molar-refractivity contribution in [3.8, 4) is 0 Å². The Balaban J connectivity index is 1.37. The molecule has 2 aromatic rings. The van der Waals surface area contributed by atoms with E-state index in [0.29, 0.717) is 25.3 Å². The van der Waals surface area contributed by atoms with E-state index in [1.54, 1.807) is 27.1 Å². The third-order valence-electron chi connectivity index (χ3n) is 5.19. The van der Waals surface area contributed by atoms with Crippen molar-refractivity contribution in [3.63, 3.8) is 0 Å². The van der Waals surface area contributed by atoms with Crippen LogP contribution in [0, 0.1) is 11.3 Å². The first-order valence-electron chi connectivity index (χ1n) is 8.02. The zero-order chi connectivity index (χ0) is 16.7. The number of carboxylic acids is 1. The second-order valence-electron chi connectivity index (χ2n) is 6.63. The highest BCUT2D eigenvalue weighted by Gasteiger charge is 2.59. The van der Waals surface area contributed by atoms with Crippen LogP contribution in [-0.4, -0.2) is 50.0 Å². The van der Waals surface area contributed by atoms with Crippen LogP contribution in [0.2, 0.25) is 0 Å². The number of thiophene rings is 1. The van der Waals surface area contributed by atoms with Crippen molar-refractivity contribution >= 4 is 23.2 Å². The minimum absolute atomic E-state index is 0.0700. The van der Waals surface area contributed by atoms with E-state index in [9.17, 15) is 9.59 Å². The van der Waals surface area contributed by atoms with Crippen molar-refractivity contribution in [2.75, 3.05) is 13.1 Å². The summed E-state index contributed by atoms with van der Waals surface area (Å²) >= 11 is 1.64. The monoisotopic (exact) mass is 346 g/mol. The number of rotatable bonds is 4. The summed E-state index contributed by atoms with van der Waals surface area (Å²) in [7, 11) is 0. The van der Waals surface area contributed by atoms with Gasteiger partial charge in [0.1, 0.15) is 0 Å². The van der Waals surface area contributed by atoms with Crippen molar-refractivity contribution in [2.45, 2.75) is 25.8 Å². The van der Waals surface area contributed by atoms with Crippen LogP contribution in [0.4, 0.5) is 0 Å². The Morgan fingerprint density at radius 1 is 1.38 bits per heavy atom. The van der Waals surface area contributed by atoms with E-state index in [1.807, 2.05) is 17.5 Å². The van der Waals surface area contributed by atoms with Gasteiger partial charge in [0.25, 0.3) is 5.91 Å². The van der Waals surface area contributed by atoms with Gasteiger partial charge in [-0.2, -0.15) is 0 Å². The maximum absolute atomic E-state index is 12.6. The molecule has 4 rings (SSSR count). The van der Waals surface area contributed by atoms with Crippen LogP contribution >= 0.6 is 11.3 Å². The molecule has 2 aliphatic rings. The number of carboxylic acid groups (broad SMARTS) is 1. The molecule has 1 N–H and O–H groups in total. The summed E-state index contributed by atoms with van der Waals surface area (Å²) in [6.45, 7) is 1.81. The number of likely N-dealkylation sites (tertiary alicyclic amines) is 1. The smallest absolute Gasteiger partial charge is 0.307 e. The molecule has 1 atom stereocenters. The third kappa shape index (κ3) is 2.71. The summed E-state index contributed by atoms with van der Waals surface area (Å²) in [6, 6.07) is 4.00. The van der Waals surface area contributed by atoms with E-state index < -0.39 is 5.97 Å². The Kier molecular flexibility index (Phi) is 3.64. The number of hydrogen-bond acceptors (Lipinski definition) is 5. The lowest BCUT2D eigenvalue weighted by molar-refractivity contribution is -0.139. The molecule has 1 aliphatic heterocycles. The average molecular weight is 346 g/mol. The predicted octanol–water partition coefficient (Wildman–Crippen LogP) is 1.71. The number of piperidine rings is 1. The summed E-state index contributed by atoms with van der Waals surface area (Å²) in [5.41, 5.74) is 0.285. The van der Waals surface area contributed by atoms with Crippen LogP contribution in [0.1, 0.15) is 34.6 Å². The van der Waals surface area contributed by atoms with Crippen LogP contribution < -0.4 is 0 Å². The average Bonchev–Trinajstić information content (AvgIpc) is 2.97. The first-order valence-corrected chi connectivity index (χ1v) is 8.90. The lowest BCUT2D eigenvalue weighted by Gasteiger charge is -2.32. The standard InChI is InChI=1S/C16H18N4O3S/c21-14(13-10-20(18-17-13)9-11-2-1-7-24-11)19-5-3-16(4-6-19)8-12(16)15(22)23/h1-2,7,10,12H,3-6,8-9H2,(H,22,23). The fourth-order valence-electron chi connectivity index (χ4n) is 3.60. The fraction of sp³-hybridized carbons (Fsp3) is 0.500. The van der Waals surface area contributed by atoms with E-state index in [-0.39, 0.29) is 17.2 Å². The number of amides is 1. The molecular formula is C16H18N4O3S. The molecule has 1 aliphatic carbocycles. The minimum atomic E-state index is -0.703. The first kappa shape index (κ1) is 15.3. The number of carbonyl (C=O) groups is 2. The third-order valence-corrected chi connectivity index (χ3v) is 6.05. The number of nitrogens with zero attached hydrogens (tertiary/aromatic N) is 4. The van der Waals surface area contributed by atoms with E-state index >= 15 is 0 Å². The van der Waals surface area contributed by atoms with E-state index in [2.05, 4.69) is 10.3 Å². The molecule has 1 saturated carbocycles. The Bertz CT molecular complexity index is 762. The molecule has 2 aromatic heterocycles. The Labute approximate surface area is 142 Å². The van der Waals surface area contributed by atoms with Crippen LogP contribution in [-0.2, 0) is 11.3 Å². The van der Waals surface area contributed by atoms with Gasteiger partial charge in [0, 0.05) is 18.0 Å². The number of carbonyl (C=O) groups excluding carboxylic acids is 1. The first-order chi connectivity index (χ1) is 11.6. The SMILES string of the molecule is O=C(O)C1CC12CCN(C(=O)c1cn(Cc3cccs3)nn1)CC2. The number of aliphatic carboxylic acids is 1. The normalized spacial score (nSPS) is 21.8. The Morgan fingerprint density at radius 2 is 2.17 bits per heavy atom. The van der Waals surface area contributed by atoms with Gasteiger partial charge in [-0.25, -0.2) is 4.68 Å². The van der Waals surface area contributed by atoms with Gasteiger partial charge in [-0.05, 0) is 36.1 Å². The summed E-state index contributed by atoms with van der Waals surface area (Å²) < 4.78 is 1.67. The van der Waals surface area contributed by atoms with Gasteiger partial charge in [0.05, 0.1) is 18.7 Å². The zero-order valence-electron chi connectivity index (χ0n) is 13.1. The van der Waals surface area contributed by atoms with Crippen molar-refractivity contribution in [1.29, 1.82) is 0 Å². The molecule has 1 amide bonds. The molecule has 1 spiro atoms. The van der Waals surface area contributed by atoms with Gasteiger partial charge >= 0.3 is 5.97 Å². The summed E-state index contributed by atoms with van der Waals surface area (Å²) in [4.78, 5) is 26.6. The van der Waals surface area contributed by atoms with Crippen LogP contribution in [0.5, 0.6) is 0 Å². The van der Waals surface area contributed by atoms with E-state index in [0.717, 1.165) is 24.1 Å². The second kappa shape index (κ2) is 5.70. The quantitative estimate of drug-likeness (QED) is 0.910. The highest BCUT2D eigenvalue weighted by molar-refractivity contribution is 7.09. The molecule has 3 heterocycles. The van der Waals surface area contributed by atoms with Crippen molar-refractivity contribution < 1.29 is 14.7 Å². The summed E-state index contributed by atoms with van der Waals surface area (Å²) in [5, 5.41) is 19.2. The van der Waals surface area contributed by atoms with Crippen LogP contribution in [0.15, 0.2) is 23.7 Å². The maximum Gasteiger partial charge on any atom is 0.307 e. The predicted molar refractivity (Wildman–Crippen MR) is 86.8 cm³/mol. The van der Waals surface area contributed by atoms with Gasteiger partial charge in [0.15, 0.2) is 5.69 Å². The molecule has 7 nitrogen and oxygen atoms in total. The molecule has 2 fully saturated rings. The lowest BCUT2D eigenvalue weighted by Crippen LogP contribution is -2.40. The number of hydrogen-bond donors (Lipinski definition) is 1. The molecule has 1 unspecified atom stereocenters. The van der Waals surface area contributed by atoms with E-state index in [1.165, 1.54) is 0 Å². The molecule has 1 saturated heterocycles. The second-order valence-corrected chi connectivity index (χ2v) is 7.66. The van der Waals surface area contributed by atoms with Crippen molar-refractivity contribution in [2.24, 2.45) is 11.3 Å². The lowest BCUT2D eigenvalue weighted by atomic mass is 9.90. The highest BCUT2D eigenvalue weighted by atomic mass is 32.1. The fourth-order valence-corrected chi connectivity index (χ4v) is 4.30. The molecule has 0 bridgehead atoms. The molecule has 8 heteroatoms. The van der Waals surface area contributed by atoms with Gasteiger partial charge in [-0.15, -0.1) is 16.4 Å². The summed E-state index contributed by atoms with van der Waals surface area (Å²) in [6.07, 6.45) is 3.96. The van der Waals surface area contributed by atoms with Crippen LogP contribution in [0.25, 0.3) is 0 Å². The Hall–Kier alpha value is -2.22. The highest BCUT2D eigenvalue weighted by Crippen LogP contribution is 2.59. The van der Waals surface area contributed by atoms with Gasteiger partial charge in [-0.3, -0.25) is 9.59 Å². The molecular weight excluding hydrogens is 328 g/mol. The molecule has 0 radical (unpaired) electrons. The molecule has 0 aromatic carbocycles. The van der Waals surface area contributed by atoms with E-state index in [4.69, 9.17) is 5.11 Å². The van der Waals surface area contributed by atoms with Crippen molar-refractivity contribution in [3.05, 3.63) is 34.3 Å². The Morgan fingerprint density at radius 3 is 2.79 bits per heavy atom. The molecule has 126 valence electrons. The van der Waals surface area contributed by atoms with Gasteiger partial charge in [-0.1, -0.05) is 11.3 Å². The zero-order valence-corrected chi connectivity index (χ0v) is 13.9. The van der Waals surface area contributed by atoms with Gasteiger partial charge in [0.2, 0.25) is 0 Å². The summed E-state index contributed by atoms with van der Waals surface area (Å²) in [5.74, 6) is -1.04. The van der Waals surface area contributed by atoms with Crippen LogP contribution in [0.3, 0.4) is 0 Å². The molecule has 24 heavy (non-hydrogen) atoms. The topological polar surface area (TPSA) is 88.3 Å². The van der Waals surface area contributed by atoms with Crippen molar-refractivity contribution in [1.82, 2.24) is 19.9 Å². The largest absolute Gasteiger partial charge is 0.481 e.